The summed E-state index contributed by atoms with van der Waals surface area (Å²) in [6.45, 7) is -0.462. The van der Waals surface area contributed by atoms with Gasteiger partial charge in [0, 0.05) is 5.69 Å². The van der Waals surface area contributed by atoms with E-state index in [0.717, 1.165) is 35.1 Å². The summed E-state index contributed by atoms with van der Waals surface area (Å²) in [5.41, 5.74) is -1.43. The van der Waals surface area contributed by atoms with Gasteiger partial charge in [-0.05, 0) is 24.3 Å². The molecule has 2 aromatic rings. The molecule has 0 unspecified atom stereocenters. The quantitative estimate of drug-likeness (QED) is 0.908. The van der Waals surface area contributed by atoms with E-state index in [1.165, 1.54) is 0 Å². The fourth-order valence-electron chi connectivity index (χ4n) is 1.64. The van der Waals surface area contributed by atoms with Crippen molar-refractivity contribution in [1.29, 1.82) is 0 Å². The van der Waals surface area contributed by atoms with Gasteiger partial charge in [-0.2, -0.15) is 18.3 Å². The first kappa shape index (κ1) is 17.3. The van der Waals surface area contributed by atoms with Crippen molar-refractivity contribution in [2.45, 2.75) is 12.7 Å². The molecule has 0 saturated carbocycles. The molecule has 0 aliphatic heterocycles. The number of halogens is 5. The zero-order valence-electron chi connectivity index (χ0n) is 11.2. The third-order valence-corrected chi connectivity index (χ3v) is 3.48. The number of nitrogens with one attached hydrogen (secondary N) is 1. The van der Waals surface area contributed by atoms with Crippen LogP contribution in [0.4, 0.5) is 18.9 Å². The minimum absolute atomic E-state index is 0.0453. The van der Waals surface area contributed by atoms with Crippen molar-refractivity contribution in [2.75, 3.05) is 5.32 Å². The molecule has 10 heteroatoms. The minimum Gasteiger partial charge on any atom is -0.324 e. The van der Waals surface area contributed by atoms with Crippen molar-refractivity contribution >= 4 is 34.8 Å². The molecule has 5 nitrogen and oxygen atoms in total. The SMILES string of the molecule is O=C(Cn1ncc(Cl)c(Cl)c1=O)Nc1ccc(C(F)(F)F)cc1. The highest BCUT2D eigenvalue weighted by molar-refractivity contribution is 6.41. The maximum absolute atomic E-state index is 12.4. The third kappa shape index (κ3) is 4.23. The molecule has 1 N–H and O–H groups in total. The van der Waals surface area contributed by atoms with Crippen LogP contribution < -0.4 is 10.9 Å². The Morgan fingerprint density at radius 1 is 1.22 bits per heavy atom. The van der Waals surface area contributed by atoms with Crippen LogP contribution in [0.1, 0.15) is 5.56 Å². The van der Waals surface area contributed by atoms with Crippen molar-refractivity contribution in [3.8, 4) is 0 Å². The van der Waals surface area contributed by atoms with Crippen molar-refractivity contribution in [2.24, 2.45) is 0 Å². The van der Waals surface area contributed by atoms with Crippen LogP contribution in [0.2, 0.25) is 10.0 Å². The monoisotopic (exact) mass is 365 g/mol. The molecule has 0 bridgehead atoms. The second kappa shape index (κ2) is 6.59. The van der Waals surface area contributed by atoms with Gasteiger partial charge in [0.2, 0.25) is 5.91 Å². The smallest absolute Gasteiger partial charge is 0.324 e. The van der Waals surface area contributed by atoms with E-state index < -0.39 is 29.8 Å². The second-order valence-corrected chi connectivity index (χ2v) is 5.18. The summed E-state index contributed by atoms with van der Waals surface area (Å²) in [5, 5.41) is 5.67. The Hall–Kier alpha value is -2.06. The molecule has 1 aromatic carbocycles. The molecule has 2 rings (SSSR count). The number of carbonyl (C=O) groups excluding carboxylic acids is 1. The molecule has 0 aliphatic rings. The zero-order chi connectivity index (χ0) is 17.2. The van der Waals surface area contributed by atoms with E-state index in [4.69, 9.17) is 23.2 Å². The number of benzene rings is 1. The highest BCUT2D eigenvalue weighted by atomic mass is 35.5. The minimum atomic E-state index is -4.46. The van der Waals surface area contributed by atoms with E-state index in [2.05, 4.69) is 10.4 Å². The fraction of sp³-hybridized carbons (Fsp3) is 0.154. The zero-order valence-corrected chi connectivity index (χ0v) is 12.7. The van der Waals surface area contributed by atoms with E-state index in [1.807, 2.05) is 0 Å². The molecular weight excluding hydrogens is 358 g/mol. The number of aromatic nitrogens is 2. The van der Waals surface area contributed by atoms with Gasteiger partial charge < -0.3 is 5.32 Å². The van der Waals surface area contributed by atoms with Crippen LogP contribution in [0.3, 0.4) is 0 Å². The maximum Gasteiger partial charge on any atom is 0.416 e. The Morgan fingerprint density at radius 2 is 1.83 bits per heavy atom. The summed E-state index contributed by atoms with van der Waals surface area (Å²) in [6.07, 6.45) is -3.35. The summed E-state index contributed by atoms with van der Waals surface area (Å²) in [7, 11) is 0. The Kier molecular flexibility index (Phi) is 4.96. The van der Waals surface area contributed by atoms with Gasteiger partial charge in [-0.25, -0.2) is 4.68 Å². The van der Waals surface area contributed by atoms with E-state index in [1.54, 1.807) is 0 Å². The summed E-state index contributed by atoms with van der Waals surface area (Å²) in [6, 6.07) is 3.87. The predicted molar refractivity (Wildman–Crippen MR) is 78.6 cm³/mol. The molecule has 1 aromatic heterocycles. The molecule has 0 saturated heterocycles. The number of hydrogen-bond acceptors (Lipinski definition) is 3. The fourth-order valence-corrected chi connectivity index (χ4v) is 1.91. The van der Waals surface area contributed by atoms with E-state index in [0.29, 0.717) is 0 Å². The Bertz CT molecular complexity index is 789. The highest BCUT2D eigenvalue weighted by Gasteiger charge is 2.29. The lowest BCUT2D eigenvalue weighted by molar-refractivity contribution is -0.137. The first-order chi connectivity index (χ1) is 10.7. The second-order valence-electron chi connectivity index (χ2n) is 4.39. The number of rotatable bonds is 3. The first-order valence-corrected chi connectivity index (χ1v) is 6.82. The lowest BCUT2D eigenvalue weighted by Crippen LogP contribution is -2.29. The highest BCUT2D eigenvalue weighted by Crippen LogP contribution is 2.29. The van der Waals surface area contributed by atoms with Gasteiger partial charge in [0.25, 0.3) is 5.56 Å². The van der Waals surface area contributed by atoms with E-state index in [9.17, 15) is 22.8 Å². The van der Waals surface area contributed by atoms with Crippen molar-refractivity contribution in [3.63, 3.8) is 0 Å². The molecule has 122 valence electrons. The lowest BCUT2D eigenvalue weighted by Gasteiger charge is -2.09. The van der Waals surface area contributed by atoms with Crippen LogP contribution in [0, 0.1) is 0 Å². The van der Waals surface area contributed by atoms with E-state index >= 15 is 0 Å². The number of alkyl halides is 3. The van der Waals surface area contributed by atoms with Gasteiger partial charge >= 0.3 is 6.18 Å². The van der Waals surface area contributed by atoms with Gasteiger partial charge in [0.1, 0.15) is 11.6 Å². The van der Waals surface area contributed by atoms with E-state index in [-0.39, 0.29) is 15.7 Å². The number of hydrogen-bond donors (Lipinski definition) is 1. The summed E-state index contributed by atoms with van der Waals surface area (Å²) < 4.78 is 38.1. The molecule has 0 aliphatic carbocycles. The van der Waals surface area contributed by atoms with Crippen LogP contribution in [0.5, 0.6) is 0 Å². The third-order valence-electron chi connectivity index (χ3n) is 2.73. The van der Waals surface area contributed by atoms with Gasteiger partial charge in [-0.1, -0.05) is 23.2 Å². The van der Waals surface area contributed by atoms with Gasteiger partial charge in [-0.3, -0.25) is 9.59 Å². The van der Waals surface area contributed by atoms with Crippen LogP contribution in [0.15, 0.2) is 35.3 Å². The number of nitrogens with zero attached hydrogens (tertiary/aromatic N) is 2. The first-order valence-electron chi connectivity index (χ1n) is 6.06. The Balaban J connectivity index is 2.08. The standard InChI is InChI=1S/C13H8Cl2F3N3O2/c14-9-5-19-21(12(23)11(9)15)6-10(22)20-8-3-1-7(2-4-8)13(16,17)18/h1-5H,6H2,(H,20,22). The molecule has 0 spiro atoms. The van der Waals surface area contributed by atoms with Crippen LogP contribution in [0.25, 0.3) is 0 Å². The van der Waals surface area contributed by atoms with Crippen molar-refractivity contribution in [1.82, 2.24) is 9.78 Å². The molecule has 23 heavy (non-hydrogen) atoms. The Labute approximate surface area is 137 Å². The molecule has 0 radical (unpaired) electrons. The largest absolute Gasteiger partial charge is 0.416 e. The average Bonchev–Trinajstić information content (AvgIpc) is 2.47. The Morgan fingerprint density at radius 3 is 2.39 bits per heavy atom. The topological polar surface area (TPSA) is 64.0 Å². The van der Waals surface area contributed by atoms with Crippen molar-refractivity contribution < 1.29 is 18.0 Å². The average molecular weight is 366 g/mol. The van der Waals surface area contributed by atoms with Gasteiger partial charge in [0.15, 0.2) is 0 Å². The summed E-state index contributed by atoms with van der Waals surface area (Å²) in [4.78, 5) is 23.5. The summed E-state index contributed by atoms with van der Waals surface area (Å²) >= 11 is 11.2. The maximum atomic E-state index is 12.4. The van der Waals surface area contributed by atoms with Crippen LogP contribution in [-0.2, 0) is 17.5 Å². The molecule has 0 atom stereocenters. The van der Waals surface area contributed by atoms with Gasteiger partial charge in [0.05, 0.1) is 16.8 Å². The molecule has 1 heterocycles. The van der Waals surface area contributed by atoms with Gasteiger partial charge in [-0.15, -0.1) is 0 Å². The summed E-state index contributed by atoms with van der Waals surface area (Å²) in [5.74, 6) is -0.655. The number of amides is 1. The van der Waals surface area contributed by atoms with Crippen LogP contribution in [-0.4, -0.2) is 15.7 Å². The van der Waals surface area contributed by atoms with Crippen LogP contribution >= 0.6 is 23.2 Å². The molecule has 1 amide bonds. The molecular formula is C13H8Cl2F3N3O2. The van der Waals surface area contributed by atoms with Crippen molar-refractivity contribution in [3.05, 3.63) is 56.4 Å². The number of carbonyl (C=O) groups is 1. The molecule has 0 fully saturated rings. The number of anilines is 1. The lowest BCUT2D eigenvalue weighted by atomic mass is 10.2. The normalized spacial score (nSPS) is 11.3. The predicted octanol–water partition coefficient (Wildman–Crippen LogP) is 3.21.